The van der Waals surface area contributed by atoms with Crippen LogP contribution in [0.4, 0.5) is 0 Å². The Morgan fingerprint density at radius 2 is 1.89 bits per heavy atom. The zero-order chi connectivity index (χ0) is 5.82. The van der Waals surface area contributed by atoms with E-state index < -0.39 is 0 Å². The maximum absolute atomic E-state index is 3.85. The maximum atomic E-state index is 3.85. The fraction of sp³-hybridized carbons (Fsp3) is 0. The number of nitrogens with zero attached hydrogens (tertiary/aromatic N) is 1. The van der Waals surface area contributed by atoms with E-state index in [0.717, 1.165) is 5.56 Å². The van der Waals surface area contributed by atoms with Crippen molar-refractivity contribution in [2.24, 2.45) is 0 Å². The first-order valence-corrected chi connectivity index (χ1v) is 2.46. The predicted octanol–water partition coefficient (Wildman–Crippen LogP) is 1.72. The van der Waals surface area contributed by atoms with Crippen molar-refractivity contribution in [2.45, 2.75) is 0 Å². The number of rotatable bonds is 1. The molecule has 0 aliphatic carbocycles. The number of pyridine rings is 1. The van der Waals surface area contributed by atoms with Gasteiger partial charge >= 0.3 is 0 Å². The van der Waals surface area contributed by atoms with E-state index in [-0.39, 0.29) is 17.1 Å². The van der Waals surface area contributed by atoms with Crippen molar-refractivity contribution in [1.82, 2.24) is 4.98 Å². The summed E-state index contributed by atoms with van der Waals surface area (Å²) in [5.41, 5.74) is 1.11. The molecule has 0 aliphatic heterocycles. The average Bonchev–Trinajstić information content (AvgIpc) is 1.90. The number of hydrogen-bond acceptors (Lipinski definition) is 1. The summed E-state index contributed by atoms with van der Waals surface area (Å²) in [6.07, 6.45) is 5.29. The van der Waals surface area contributed by atoms with Crippen molar-refractivity contribution in [3.05, 3.63) is 36.7 Å². The third-order valence-corrected chi connectivity index (χ3v) is 0.942. The largest absolute Gasteiger partial charge is 0.265 e. The molecule has 0 fully saturated rings. The molecule has 0 spiro atoms. The second-order valence-corrected chi connectivity index (χ2v) is 1.48. The molecule has 2 heteroatoms. The fourth-order valence-corrected chi connectivity index (χ4v) is 0.500. The fourth-order valence-electron chi connectivity index (χ4n) is 0.500. The van der Waals surface area contributed by atoms with Gasteiger partial charge in [-0.15, -0.1) is 0 Å². The van der Waals surface area contributed by atoms with Crippen molar-refractivity contribution < 1.29 is 17.1 Å². The molecule has 1 aromatic rings. The van der Waals surface area contributed by atoms with E-state index in [2.05, 4.69) is 11.6 Å². The van der Waals surface area contributed by atoms with E-state index in [1.165, 1.54) is 0 Å². The molecule has 1 nitrogen and oxygen atoms in total. The van der Waals surface area contributed by atoms with Gasteiger partial charge in [-0.3, -0.25) is 4.98 Å². The van der Waals surface area contributed by atoms with Crippen LogP contribution in [0.15, 0.2) is 31.1 Å². The van der Waals surface area contributed by atoms with Crippen LogP contribution in [0.3, 0.4) is 0 Å². The zero-order valence-corrected chi connectivity index (χ0v) is 5.78. The summed E-state index contributed by atoms with van der Waals surface area (Å²) in [6, 6.07) is 3.82. The molecule has 1 rings (SSSR count). The molecule has 0 saturated carbocycles. The summed E-state index contributed by atoms with van der Waals surface area (Å²) in [5.74, 6) is 0. The molecular weight excluding hydrogens is 162 g/mol. The summed E-state index contributed by atoms with van der Waals surface area (Å²) in [5, 5.41) is 0. The van der Waals surface area contributed by atoms with Gasteiger partial charge in [0.25, 0.3) is 0 Å². The van der Waals surface area contributed by atoms with Crippen molar-refractivity contribution in [1.29, 1.82) is 0 Å². The standard InChI is InChI=1S/C7H7N.Cu/c1-2-7-3-5-8-6-4-7;/h2-6H,1H2;. The first-order chi connectivity index (χ1) is 3.93. The Bertz CT molecular complexity index is 172. The first-order valence-electron chi connectivity index (χ1n) is 2.46. The Labute approximate surface area is 65.3 Å². The van der Waals surface area contributed by atoms with E-state index in [9.17, 15) is 0 Å². The molecule has 0 unspecified atom stereocenters. The van der Waals surface area contributed by atoms with Crippen LogP contribution in [0.5, 0.6) is 0 Å². The van der Waals surface area contributed by atoms with Crippen LogP contribution in [0, 0.1) is 0 Å². The van der Waals surface area contributed by atoms with Gasteiger partial charge in [-0.1, -0.05) is 12.7 Å². The van der Waals surface area contributed by atoms with Gasteiger partial charge in [-0.25, -0.2) is 0 Å². The van der Waals surface area contributed by atoms with Gasteiger partial charge in [0.15, 0.2) is 0 Å². The van der Waals surface area contributed by atoms with E-state index in [0.29, 0.717) is 0 Å². The molecule has 0 bridgehead atoms. The molecule has 0 amide bonds. The Balaban J connectivity index is 0.000000640. The van der Waals surface area contributed by atoms with Crippen molar-refractivity contribution in [3.63, 3.8) is 0 Å². The Hall–Kier alpha value is -0.591. The zero-order valence-electron chi connectivity index (χ0n) is 4.84. The van der Waals surface area contributed by atoms with Gasteiger partial charge in [0.1, 0.15) is 0 Å². The molecule has 0 aromatic carbocycles. The van der Waals surface area contributed by atoms with Crippen LogP contribution in [-0.2, 0) is 17.1 Å². The van der Waals surface area contributed by atoms with Gasteiger partial charge in [-0.05, 0) is 17.7 Å². The Morgan fingerprint density at radius 1 is 1.33 bits per heavy atom. The molecule has 0 atom stereocenters. The SMILES string of the molecule is C=Cc1ccncc1.[Cu]. The van der Waals surface area contributed by atoms with E-state index in [4.69, 9.17) is 0 Å². The molecule has 1 aromatic heterocycles. The second-order valence-electron chi connectivity index (χ2n) is 1.48. The van der Waals surface area contributed by atoms with Crippen LogP contribution in [-0.4, -0.2) is 4.98 Å². The van der Waals surface area contributed by atoms with E-state index in [1.807, 2.05) is 12.1 Å². The normalized spacial score (nSPS) is 7.56. The van der Waals surface area contributed by atoms with Gasteiger partial charge in [-0.2, -0.15) is 0 Å². The Kier molecular flexibility index (Phi) is 4.02. The third-order valence-electron chi connectivity index (χ3n) is 0.942. The molecule has 51 valence electrons. The average molecular weight is 169 g/mol. The van der Waals surface area contributed by atoms with E-state index >= 15 is 0 Å². The molecule has 0 N–H and O–H groups in total. The number of hydrogen-bond donors (Lipinski definition) is 0. The summed E-state index contributed by atoms with van der Waals surface area (Å²) in [7, 11) is 0. The molecule has 0 saturated heterocycles. The van der Waals surface area contributed by atoms with Crippen LogP contribution in [0.2, 0.25) is 0 Å². The summed E-state index contributed by atoms with van der Waals surface area (Å²) >= 11 is 0. The predicted molar refractivity (Wildman–Crippen MR) is 34.3 cm³/mol. The van der Waals surface area contributed by atoms with Crippen LogP contribution in [0.25, 0.3) is 6.08 Å². The minimum absolute atomic E-state index is 0. The smallest absolute Gasteiger partial charge is 0.0273 e. The van der Waals surface area contributed by atoms with E-state index in [1.54, 1.807) is 18.5 Å². The maximum Gasteiger partial charge on any atom is 0.0273 e. The monoisotopic (exact) mass is 168 g/mol. The van der Waals surface area contributed by atoms with Gasteiger partial charge in [0, 0.05) is 29.5 Å². The van der Waals surface area contributed by atoms with Crippen LogP contribution in [0.1, 0.15) is 5.56 Å². The van der Waals surface area contributed by atoms with Gasteiger partial charge in [0.2, 0.25) is 0 Å². The molecule has 0 aliphatic rings. The minimum atomic E-state index is 0. The molecular formula is C7H7CuN. The molecule has 9 heavy (non-hydrogen) atoms. The topological polar surface area (TPSA) is 12.9 Å². The van der Waals surface area contributed by atoms with Crippen LogP contribution >= 0.6 is 0 Å². The Morgan fingerprint density at radius 3 is 2.22 bits per heavy atom. The van der Waals surface area contributed by atoms with Gasteiger partial charge < -0.3 is 0 Å². The first kappa shape index (κ1) is 8.41. The van der Waals surface area contributed by atoms with Crippen molar-refractivity contribution in [2.75, 3.05) is 0 Å². The van der Waals surface area contributed by atoms with Crippen molar-refractivity contribution in [3.8, 4) is 0 Å². The second kappa shape index (κ2) is 4.30. The summed E-state index contributed by atoms with van der Waals surface area (Å²) in [4.78, 5) is 3.85. The minimum Gasteiger partial charge on any atom is -0.265 e. The van der Waals surface area contributed by atoms with Crippen LogP contribution < -0.4 is 0 Å². The van der Waals surface area contributed by atoms with Crippen molar-refractivity contribution >= 4 is 6.08 Å². The summed E-state index contributed by atoms with van der Waals surface area (Å²) in [6.45, 7) is 3.60. The summed E-state index contributed by atoms with van der Waals surface area (Å²) < 4.78 is 0. The third kappa shape index (κ3) is 2.45. The molecule has 1 radical (unpaired) electrons. The molecule has 1 heterocycles. The van der Waals surface area contributed by atoms with Gasteiger partial charge in [0.05, 0.1) is 0 Å². The number of aromatic nitrogens is 1. The quantitative estimate of drug-likeness (QED) is 0.582.